The number of nitrogens with one attached hydrogen (secondary N) is 1. The summed E-state index contributed by atoms with van der Waals surface area (Å²) in [6.45, 7) is 1.23. The van der Waals surface area contributed by atoms with Gasteiger partial charge in [-0.1, -0.05) is 59.6 Å². The lowest BCUT2D eigenvalue weighted by atomic mass is 9.96. The van der Waals surface area contributed by atoms with E-state index >= 15 is 0 Å². The Balaban J connectivity index is 1.67. The SMILES string of the molecule is O=C1C(=CCc2ccc(Cl)cc2)CNCC1=CCc1ccc(Cl)cc1. The first-order valence-corrected chi connectivity index (χ1v) is 9.00. The third kappa shape index (κ3) is 5.05. The van der Waals surface area contributed by atoms with E-state index in [1.54, 1.807) is 0 Å². The number of rotatable bonds is 4. The zero-order valence-corrected chi connectivity index (χ0v) is 15.3. The molecule has 2 nitrogen and oxygen atoms in total. The minimum atomic E-state index is 0.140. The van der Waals surface area contributed by atoms with E-state index in [1.807, 2.05) is 60.7 Å². The van der Waals surface area contributed by atoms with Crippen molar-refractivity contribution in [3.8, 4) is 0 Å². The van der Waals surface area contributed by atoms with Gasteiger partial charge < -0.3 is 5.32 Å². The lowest BCUT2D eigenvalue weighted by Crippen LogP contribution is -2.33. The standard InChI is InChI=1S/C21H19Cl2NO/c22-19-9-3-15(4-10-19)1-7-17-13-24-14-18(21(17)25)8-2-16-5-11-20(23)12-6-16/h3-12,24H,1-2,13-14H2. The molecular weight excluding hydrogens is 353 g/mol. The summed E-state index contributed by atoms with van der Waals surface area (Å²) in [7, 11) is 0. The van der Waals surface area contributed by atoms with Crippen molar-refractivity contribution in [2.75, 3.05) is 13.1 Å². The van der Waals surface area contributed by atoms with Crippen molar-refractivity contribution < 1.29 is 4.79 Å². The predicted molar refractivity (Wildman–Crippen MR) is 104 cm³/mol. The van der Waals surface area contributed by atoms with Crippen LogP contribution in [0.15, 0.2) is 71.8 Å². The number of benzene rings is 2. The van der Waals surface area contributed by atoms with Crippen molar-refractivity contribution in [3.05, 3.63) is 93.0 Å². The van der Waals surface area contributed by atoms with E-state index in [2.05, 4.69) is 5.32 Å². The molecule has 1 aliphatic rings. The largest absolute Gasteiger partial charge is 0.308 e. The van der Waals surface area contributed by atoms with Gasteiger partial charge in [0.15, 0.2) is 5.78 Å². The van der Waals surface area contributed by atoms with Crippen LogP contribution in [0.4, 0.5) is 0 Å². The van der Waals surface area contributed by atoms with Gasteiger partial charge in [0.2, 0.25) is 0 Å². The number of Topliss-reactive ketones (excluding diaryl/α,β-unsaturated/α-hetero) is 1. The normalized spacial score (nSPS) is 18.1. The van der Waals surface area contributed by atoms with Crippen LogP contribution in [-0.4, -0.2) is 18.9 Å². The molecule has 128 valence electrons. The first-order valence-electron chi connectivity index (χ1n) is 8.24. The molecule has 1 aliphatic heterocycles. The van der Waals surface area contributed by atoms with Crippen LogP contribution in [0.3, 0.4) is 0 Å². The molecule has 0 aliphatic carbocycles. The summed E-state index contributed by atoms with van der Waals surface area (Å²) in [4.78, 5) is 12.7. The van der Waals surface area contributed by atoms with E-state index in [0.717, 1.165) is 45.2 Å². The minimum absolute atomic E-state index is 0.140. The van der Waals surface area contributed by atoms with Crippen molar-refractivity contribution in [1.82, 2.24) is 5.32 Å². The summed E-state index contributed by atoms with van der Waals surface area (Å²) in [5.74, 6) is 0.140. The molecule has 0 aromatic heterocycles. The van der Waals surface area contributed by atoms with Gasteiger partial charge in [0.1, 0.15) is 0 Å². The molecule has 0 atom stereocenters. The Morgan fingerprint density at radius 2 is 1.16 bits per heavy atom. The van der Waals surface area contributed by atoms with Crippen LogP contribution in [0.5, 0.6) is 0 Å². The zero-order valence-electron chi connectivity index (χ0n) is 13.8. The molecule has 3 rings (SSSR count). The van der Waals surface area contributed by atoms with E-state index in [0.29, 0.717) is 13.1 Å². The van der Waals surface area contributed by atoms with Crippen molar-refractivity contribution >= 4 is 29.0 Å². The highest BCUT2D eigenvalue weighted by atomic mass is 35.5. The van der Waals surface area contributed by atoms with Crippen molar-refractivity contribution in [2.24, 2.45) is 0 Å². The van der Waals surface area contributed by atoms with E-state index in [-0.39, 0.29) is 5.78 Å². The Labute approximate surface area is 158 Å². The van der Waals surface area contributed by atoms with E-state index in [1.165, 1.54) is 0 Å². The second-order valence-corrected chi connectivity index (χ2v) is 6.93. The smallest absolute Gasteiger partial charge is 0.186 e. The topological polar surface area (TPSA) is 29.1 Å². The fourth-order valence-corrected chi connectivity index (χ4v) is 3.00. The van der Waals surface area contributed by atoms with Crippen LogP contribution >= 0.6 is 23.2 Å². The number of piperidine rings is 1. The van der Waals surface area contributed by atoms with Crippen LogP contribution in [0.2, 0.25) is 10.0 Å². The predicted octanol–water partition coefficient (Wildman–Crippen LogP) is 4.80. The fourth-order valence-electron chi connectivity index (χ4n) is 2.75. The highest BCUT2D eigenvalue weighted by Crippen LogP contribution is 2.16. The summed E-state index contributed by atoms with van der Waals surface area (Å²) in [5, 5.41) is 4.75. The lowest BCUT2D eigenvalue weighted by molar-refractivity contribution is -0.112. The molecule has 0 unspecified atom stereocenters. The fraction of sp³-hybridized carbons (Fsp3) is 0.190. The Morgan fingerprint density at radius 3 is 1.56 bits per heavy atom. The molecule has 4 heteroatoms. The monoisotopic (exact) mass is 371 g/mol. The molecule has 2 aromatic carbocycles. The maximum atomic E-state index is 12.7. The van der Waals surface area contributed by atoms with Crippen molar-refractivity contribution in [1.29, 1.82) is 0 Å². The van der Waals surface area contributed by atoms with Gasteiger partial charge in [-0.25, -0.2) is 0 Å². The molecule has 0 bridgehead atoms. The first kappa shape index (κ1) is 17.9. The first-order chi connectivity index (χ1) is 12.1. The maximum Gasteiger partial charge on any atom is 0.186 e. The molecule has 1 saturated heterocycles. The number of halogens is 2. The van der Waals surface area contributed by atoms with E-state index in [9.17, 15) is 4.79 Å². The second kappa shape index (κ2) is 8.48. The van der Waals surface area contributed by atoms with Crippen molar-refractivity contribution in [2.45, 2.75) is 12.8 Å². The summed E-state index contributed by atoms with van der Waals surface area (Å²) < 4.78 is 0. The van der Waals surface area contributed by atoms with Crippen LogP contribution in [0.25, 0.3) is 0 Å². The number of hydrogen-bond donors (Lipinski definition) is 1. The molecule has 0 amide bonds. The van der Waals surface area contributed by atoms with Gasteiger partial charge in [0.25, 0.3) is 0 Å². The molecule has 2 aromatic rings. The number of carbonyl (C=O) groups is 1. The number of ketones is 1. The molecular formula is C21H19Cl2NO. The molecule has 1 heterocycles. The second-order valence-electron chi connectivity index (χ2n) is 6.05. The molecule has 1 N–H and O–H groups in total. The number of allylic oxidation sites excluding steroid dienone is 2. The van der Waals surface area contributed by atoms with Gasteiger partial charge in [-0.15, -0.1) is 0 Å². The van der Waals surface area contributed by atoms with Gasteiger partial charge in [-0.3, -0.25) is 4.79 Å². The van der Waals surface area contributed by atoms with Gasteiger partial charge in [0.05, 0.1) is 0 Å². The molecule has 1 fully saturated rings. The van der Waals surface area contributed by atoms with Crippen LogP contribution in [-0.2, 0) is 17.6 Å². The zero-order chi connectivity index (χ0) is 17.6. The van der Waals surface area contributed by atoms with Gasteiger partial charge >= 0.3 is 0 Å². The summed E-state index contributed by atoms with van der Waals surface area (Å²) in [5.41, 5.74) is 3.93. The Morgan fingerprint density at radius 1 is 0.760 bits per heavy atom. The third-order valence-corrected chi connectivity index (χ3v) is 4.71. The van der Waals surface area contributed by atoms with Crippen LogP contribution < -0.4 is 5.32 Å². The highest BCUT2D eigenvalue weighted by molar-refractivity contribution is 6.30. The summed E-state index contributed by atoms with van der Waals surface area (Å²) in [6, 6.07) is 15.4. The molecule has 0 saturated carbocycles. The maximum absolute atomic E-state index is 12.7. The Bertz CT molecular complexity index is 737. The lowest BCUT2D eigenvalue weighted by Gasteiger charge is -2.18. The van der Waals surface area contributed by atoms with E-state index in [4.69, 9.17) is 23.2 Å². The number of carbonyl (C=O) groups excluding carboxylic acids is 1. The Hall–Kier alpha value is -1.87. The third-order valence-electron chi connectivity index (χ3n) is 4.21. The quantitative estimate of drug-likeness (QED) is 0.781. The van der Waals surface area contributed by atoms with Gasteiger partial charge in [0, 0.05) is 34.3 Å². The summed E-state index contributed by atoms with van der Waals surface area (Å²) >= 11 is 11.8. The highest BCUT2D eigenvalue weighted by Gasteiger charge is 2.19. The average Bonchev–Trinajstić information content (AvgIpc) is 2.62. The average molecular weight is 372 g/mol. The summed E-state index contributed by atoms with van der Waals surface area (Å²) in [6.07, 6.45) is 5.47. The molecule has 0 spiro atoms. The number of hydrogen-bond acceptors (Lipinski definition) is 2. The minimum Gasteiger partial charge on any atom is -0.308 e. The van der Waals surface area contributed by atoms with Crippen molar-refractivity contribution in [3.63, 3.8) is 0 Å². The Kier molecular flexibility index (Phi) is 6.09. The van der Waals surface area contributed by atoms with Gasteiger partial charge in [-0.2, -0.15) is 0 Å². The van der Waals surface area contributed by atoms with E-state index < -0.39 is 0 Å². The van der Waals surface area contributed by atoms with Gasteiger partial charge in [-0.05, 0) is 48.2 Å². The molecule has 25 heavy (non-hydrogen) atoms. The molecule has 0 radical (unpaired) electrons. The van der Waals surface area contributed by atoms with Crippen LogP contribution in [0.1, 0.15) is 11.1 Å². The van der Waals surface area contributed by atoms with Crippen LogP contribution in [0, 0.1) is 0 Å².